The van der Waals surface area contributed by atoms with Gasteiger partial charge in [-0.25, -0.2) is 4.99 Å². The van der Waals surface area contributed by atoms with Crippen LogP contribution in [0.5, 0.6) is 11.5 Å². The summed E-state index contributed by atoms with van der Waals surface area (Å²) >= 11 is 1.71. The van der Waals surface area contributed by atoms with E-state index >= 15 is 0 Å². The molecule has 5 nitrogen and oxygen atoms in total. The lowest BCUT2D eigenvalue weighted by Crippen LogP contribution is -2.44. The second-order valence-corrected chi connectivity index (χ2v) is 6.73. The summed E-state index contributed by atoms with van der Waals surface area (Å²) in [6.45, 7) is 5.44. The van der Waals surface area contributed by atoms with Crippen LogP contribution in [-0.2, 0) is 19.5 Å². The SMILES string of the molecule is CCNC(=NCc1ccsc1)N1CCc2cc(OC)c(OC)cc2C1.I. The Morgan fingerprint density at radius 2 is 1.96 bits per heavy atom. The van der Waals surface area contributed by atoms with Gasteiger partial charge in [0.05, 0.1) is 20.8 Å². The Hall–Kier alpha value is -1.48. The summed E-state index contributed by atoms with van der Waals surface area (Å²) in [4.78, 5) is 7.12. The van der Waals surface area contributed by atoms with Crippen molar-refractivity contribution in [1.82, 2.24) is 10.2 Å². The molecule has 0 amide bonds. The van der Waals surface area contributed by atoms with Crippen molar-refractivity contribution < 1.29 is 9.47 Å². The van der Waals surface area contributed by atoms with Crippen LogP contribution in [-0.4, -0.2) is 38.2 Å². The van der Waals surface area contributed by atoms with E-state index in [1.807, 2.05) is 0 Å². The number of methoxy groups -OCH3 is 2. The molecule has 1 N–H and O–H groups in total. The zero-order chi connectivity index (χ0) is 17.6. The van der Waals surface area contributed by atoms with Crippen LogP contribution < -0.4 is 14.8 Å². The number of benzene rings is 1. The van der Waals surface area contributed by atoms with E-state index in [4.69, 9.17) is 14.5 Å². The van der Waals surface area contributed by atoms with Crippen molar-refractivity contribution >= 4 is 41.3 Å². The number of ether oxygens (including phenoxy) is 2. The summed E-state index contributed by atoms with van der Waals surface area (Å²) in [5.74, 6) is 2.55. The molecule has 2 heterocycles. The highest BCUT2D eigenvalue weighted by Gasteiger charge is 2.21. The Morgan fingerprint density at radius 3 is 2.58 bits per heavy atom. The molecule has 0 bridgehead atoms. The number of thiophene rings is 1. The van der Waals surface area contributed by atoms with Crippen molar-refractivity contribution in [3.05, 3.63) is 45.6 Å². The molecule has 0 unspecified atom stereocenters. The predicted molar refractivity (Wildman–Crippen MR) is 118 cm³/mol. The molecule has 0 fully saturated rings. The van der Waals surface area contributed by atoms with Gasteiger partial charge in [0.15, 0.2) is 17.5 Å². The second kappa shape index (κ2) is 10.0. The van der Waals surface area contributed by atoms with Gasteiger partial charge in [0.2, 0.25) is 0 Å². The molecule has 1 aliphatic rings. The first-order chi connectivity index (χ1) is 12.2. The Morgan fingerprint density at radius 1 is 1.23 bits per heavy atom. The second-order valence-electron chi connectivity index (χ2n) is 5.95. The summed E-state index contributed by atoms with van der Waals surface area (Å²) in [6.07, 6.45) is 0.971. The van der Waals surface area contributed by atoms with Crippen LogP contribution in [0.15, 0.2) is 34.0 Å². The highest BCUT2D eigenvalue weighted by molar-refractivity contribution is 14.0. The quantitative estimate of drug-likeness (QED) is 0.395. The van der Waals surface area contributed by atoms with Crippen molar-refractivity contribution in [3.63, 3.8) is 0 Å². The van der Waals surface area contributed by atoms with Gasteiger partial charge in [-0.1, -0.05) is 0 Å². The van der Waals surface area contributed by atoms with E-state index in [0.717, 1.165) is 43.5 Å². The van der Waals surface area contributed by atoms with Crippen molar-refractivity contribution in [2.45, 2.75) is 26.4 Å². The zero-order valence-corrected chi connectivity index (χ0v) is 18.6. The molecule has 2 aromatic rings. The van der Waals surface area contributed by atoms with Gasteiger partial charge in [0.1, 0.15) is 0 Å². The van der Waals surface area contributed by atoms with Gasteiger partial charge in [-0.2, -0.15) is 11.3 Å². The van der Waals surface area contributed by atoms with Gasteiger partial charge < -0.3 is 19.7 Å². The van der Waals surface area contributed by atoms with E-state index < -0.39 is 0 Å². The molecule has 7 heteroatoms. The third-order valence-electron chi connectivity index (χ3n) is 4.34. The lowest BCUT2D eigenvalue weighted by molar-refractivity contribution is 0.346. The van der Waals surface area contributed by atoms with Crippen molar-refractivity contribution in [1.29, 1.82) is 0 Å². The summed E-state index contributed by atoms with van der Waals surface area (Å²) in [7, 11) is 3.36. The molecule has 0 saturated heterocycles. The van der Waals surface area contributed by atoms with Gasteiger partial charge >= 0.3 is 0 Å². The minimum atomic E-state index is 0. The highest BCUT2D eigenvalue weighted by atomic mass is 127. The fourth-order valence-electron chi connectivity index (χ4n) is 3.04. The topological polar surface area (TPSA) is 46.1 Å². The van der Waals surface area contributed by atoms with E-state index in [1.165, 1.54) is 16.7 Å². The van der Waals surface area contributed by atoms with Gasteiger partial charge in [-0.15, -0.1) is 24.0 Å². The lowest BCUT2D eigenvalue weighted by atomic mass is 9.99. The number of aliphatic imine (C=N–C) groups is 1. The molecule has 0 saturated carbocycles. The van der Waals surface area contributed by atoms with Crippen LogP contribution in [0.1, 0.15) is 23.6 Å². The van der Waals surface area contributed by atoms with Gasteiger partial charge in [0.25, 0.3) is 0 Å². The average Bonchev–Trinajstić information content (AvgIpc) is 3.17. The minimum Gasteiger partial charge on any atom is -0.493 e. The molecule has 0 spiro atoms. The van der Waals surface area contributed by atoms with E-state index in [0.29, 0.717) is 6.54 Å². The molecular formula is C19H26IN3O2S. The molecule has 26 heavy (non-hydrogen) atoms. The molecule has 1 aliphatic heterocycles. The van der Waals surface area contributed by atoms with Crippen LogP contribution in [0, 0.1) is 0 Å². The van der Waals surface area contributed by atoms with Crippen molar-refractivity contribution in [2.24, 2.45) is 4.99 Å². The van der Waals surface area contributed by atoms with Crippen molar-refractivity contribution in [3.8, 4) is 11.5 Å². The van der Waals surface area contributed by atoms with E-state index in [-0.39, 0.29) is 24.0 Å². The zero-order valence-electron chi connectivity index (χ0n) is 15.4. The molecule has 142 valence electrons. The van der Waals surface area contributed by atoms with E-state index in [1.54, 1.807) is 25.6 Å². The van der Waals surface area contributed by atoms with Gasteiger partial charge in [-0.05, 0) is 59.0 Å². The van der Waals surface area contributed by atoms with Gasteiger partial charge in [0, 0.05) is 19.6 Å². The molecule has 0 radical (unpaired) electrons. The third kappa shape index (κ3) is 4.82. The third-order valence-corrected chi connectivity index (χ3v) is 5.08. The monoisotopic (exact) mass is 487 g/mol. The smallest absolute Gasteiger partial charge is 0.194 e. The number of hydrogen-bond donors (Lipinski definition) is 1. The number of nitrogens with one attached hydrogen (secondary N) is 1. The predicted octanol–water partition coefficient (Wildman–Crippen LogP) is 3.91. The molecular weight excluding hydrogens is 461 g/mol. The van der Waals surface area contributed by atoms with Crippen LogP contribution >= 0.6 is 35.3 Å². The normalized spacial score (nSPS) is 13.7. The maximum atomic E-state index is 5.45. The summed E-state index contributed by atoms with van der Waals surface area (Å²) in [6, 6.07) is 6.31. The van der Waals surface area contributed by atoms with Crippen LogP contribution in [0.4, 0.5) is 0 Å². The summed E-state index contributed by atoms with van der Waals surface area (Å²) in [5, 5.41) is 7.66. The van der Waals surface area contributed by atoms with Gasteiger partial charge in [-0.3, -0.25) is 0 Å². The lowest BCUT2D eigenvalue weighted by Gasteiger charge is -2.32. The molecule has 0 aliphatic carbocycles. The van der Waals surface area contributed by atoms with Crippen LogP contribution in [0.2, 0.25) is 0 Å². The fourth-order valence-corrected chi connectivity index (χ4v) is 3.70. The molecule has 3 rings (SSSR count). The Kier molecular flexibility index (Phi) is 8.02. The largest absolute Gasteiger partial charge is 0.493 e. The maximum Gasteiger partial charge on any atom is 0.194 e. The first-order valence-electron chi connectivity index (χ1n) is 8.53. The highest BCUT2D eigenvalue weighted by Crippen LogP contribution is 2.33. The molecule has 0 atom stereocenters. The fraction of sp³-hybridized carbons (Fsp3) is 0.421. The first kappa shape index (κ1) is 20.8. The Labute approximate surface area is 176 Å². The number of guanidine groups is 1. The maximum absolute atomic E-state index is 5.45. The number of hydrogen-bond acceptors (Lipinski definition) is 4. The standard InChI is InChI=1S/C19H25N3O2S.HI/c1-4-20-19(21-11-14-6-8-25-13-14)22-7-5-15-9-17(23-2)18(24-3)10-16(15)12-22;/h6,8-10,13H,4-5,7,11-12H2,1-3H3,(H,20,21);1H. The number of nitrogens with zero attached hydrogens (tertiary/aromatic N) is 2. The summed E-state index contributed by atoms with van der Waals surface area (Å²) < 4.78 is 10.9. The molecule has 1 aromatic heterocycles. The van der Waals surface area contributed by atoms with Crippen LogP contribution in [0.3, 0.4) is 0 Å². The minimum absolute atomic E-state index is 0. The average molecular weight is 487 g/mol. The number of fused-ring (bicyclic) bond motifs is 1. The number of halogens is 1. The van der Waals surface area contributed by atoms with Crippen LogP contribution in [0.25, 0.3) is 0 Å². The van der Waals surface area contributed by atoms with E-state index in [9.17, 15) is 0 Å². The Balaban J connectivity index is 0.00000243. The van der Waals surface area contributed by atoms with E-state index in [2.05, 4.69) is 46.1 Å². The summed E-state index contributed by atoms with van der Waals surface area (Å²) in [5.41, 5.74) is 3.84. The first-order valence-corrected chi connectivity index (χ1v) is 9.47. The van der Waals surface area contributed by atoms with Crippen molar-refractivity contribution in [2.75, 3.05) is 27.3 Å². The number of rotatable bonds is 5. The Bertz CT molecular complexity index is 735. The molecule has 1 aromatic carbocycles.